The first kappa shape index (κ1) is 63.6. The maximum atomic E-state index is 11.5. The molecule has 8 atom stereocenters. The Kier molecular flexibility index (Phi) is 14.3. The van der Waals surface area contributed by atoms with Gasteiger partial charge in [0.15, 0.2) is 0 Å². The number of halogens is 2. The fourth-order valence-corrected chi connectivity index (χ4v) is 306. The first-order valence-corrected chi connectivity index (χ1v) is 59.9. The fraction of sp³-hybridized carbons (Fsp3) is 0.349. The Balaban J connectivity index is 1.16. The predicted molar refractivity (Wildman–Crippen MR) is 396 cm³/mol. The van der Waals surface area contributed by atoms with E-state index in [0.717, 1.165) is 0 Å². The van der Waals surface area contributed by atoms with Crippen molar-refractivity contribution in [2.75, 3.05) is 0 Å². The van der Waals surface area contributed by atoms with E-state index in [0.29, 0.717) is 0 Å². The molecule has 0 nitrogen and oxygen atoms in total. The summed E-state index contributed by atoms with van der Waals surface area (Å²) >= 11 is -14.5. The van der Waals surface area contributed by atoms with Gasteiger partial charge in [-0.2, -0.15) is 0 Å². The molecule has 10 aliphatic rings. The van der Waals surface area contributed by atoms with Gasteiger partial charge in [0.2, 0.25) is 0 Å². The molecule has 4 aromatic carbocycles. The summed E-state index contributed by atoms with van der Waals surface area (Å²) < 4.78 is -2.49. The summed E-state index contributed by atoms with van der Waals surface area (Å²) in [7, 11) is 23.0. The van der Waals surface area contributed by atoms with E-state index in [1.165, 1.54) is 111 Å². The van der Waals surface area contributed by atoms with Crippen LogP contribution in [0, 0.1) is 0 Å². The quantitative estimate of drug-likeness (QED) is 0.179. The molecule has 0 amide bonds. The molecule has 4 aromatic rings. The zero-order chi connectivity index (χ0) is 64.9. The number of rotatable bonds is 4. The van der Waals surface area contributed by atoms with E-state index in [2.05, 4.69) is 341 Å². The molecular weight excluding hydrogens is 1430 g/mol. The molecule has 14 rings (SSSR count). The van der Waals surface area contributed by atoms with Crippen molar-refractivity contribution in [1.82, 2.24) is 0 Å². The molecule has 0 radical (unpaired) electrons. The Bertz CT molecular complexity index is 3830. The van der Waals surface area contributed by atoms with Crippen molar-refractivity contribution in [2.24, 2.45) is 0 Å². The first-order chi connectivity index (χ1) is 42.8. The minimum atomic E-state index is -7.74. The van der Waals surface area contributed by atoms with E-state index in [9.17, 15) is 17.2 Å². The molecule has 466 valence electrons. The van der Waals surface area contributed by atoms with Crippen LogP contribution in [-0.4, -0.2) is 28.7 Å². The molecule has 2 aliphatic heterocycles. The van der Waals surface area contributed by atoms with Crippen LogP contribution >= 0.6 is 17.2 Å². The summed E-state index contributed by atoms with van der Waals surface area (Å²) in [4.78, 5) is 0. The number of benzene rings is 4. The molecule has 8 unspecified atom stereocenters. The molecule has 8 aliphatic carbocycles. The zero-order valence-electron chi connectivity index (χ0n) is 57.5. The number of fused-ring (bicyclic) bond motifs is 8. The van der Waals surface area contributed by atoms with E-state index >= 15 is 0 Å². The van der Waals surface area contributed by atoms with Gasteiger partial charge in [-0.25, -0.2) is 0 Å². The van der Waals surface area contributed by atoms with Gasteiger partial charge in [0.1, 0.15) is 0 Å². The average molecular weight is 1520 g/mol. The molecule has 0 saturated carbocycles. The van der Waals surface area contributed by atoms with E-state index in [4.69, 9.17) is 0 Å². The van der Waals surface area contributed by atoms with E-state index in [-0.39, 0.29) is 45.3 Å². The molecule has 2 heterocycles. The summed E-state index contributed by atoms with van der Waals surface area (Å²) in [6, 6.07) is 38.5. The average Bonchev–Trinajstić information content (AvgIpc) is 1.53. The summed E-state index contributed by atoms with van der Waals surface area (Å²) in [5, 5.41) is 0. The van der Waals surface area contributed by atoms with Crippen molar-refractivity contribution in [3.63, 3.8) is 0 Å². The van der Waals surface area contributed by atoms with Crippen LogP contribution in [0.25, 0.3) is 0 Å². The van der Waals surface area contributed by atoms with Crippen LogP contribution in [0.3, 0.4) is 0 Å². The fourth-order valence-electron chi connectivity index (χ4n) is 22.7. The summed E-state index contributed by atoms with van der Waals surface area (Å²) in [5.41, 5.74) is 27.8. The maximum absolute atomic E-state index is 11.5. The van der Waals surface area contributed by atoms with Crippen molar-refractivity contribution >= 4 is 45.9 Å². The minimum absolute atomic E-state index is 0.00154. The number of hydrogen-bond acceptors (Lipinski definition) is 0. The van der Waals surface area contributed by atoms with Gasteiger partial charge in [0.25, 0.3) is 0 Å². The van der Waals surface area contributed by atoms with Crippen molar-refractivity contribution in [1.29, 1.82) is 0 Å². The standard InChI is InChI=1S/2C43H48Ge.2ClH.Hf/c2*1-28-26-38-34(30-18-22-32(23-19-30)42(3,4)5)14-10-12-16-36(38)40(28)44(9)41-29(2)27-39-35(15-11-13-17-37(39)41)31-20-24-33(25-21-31)43(6,7)8;;;/h2*10-27,34-35,44H,1-9H3;2*1H;/q;;;;+2/p-2. The molecule has 2 fully saturated rings. The molecule has 2 saturated heterocycles. The van der Waals surface area contributed by atoms with E-state index < -0.39 is 51.4 Å². The molecular formula is C86H96Cl2Ge2Hf. The number of allylic oxidation sites excluding steroid dienone is 32. The van der Waals surface area contributed by atoms with Gasteiger partial charge in [-0.1, -0.05) is 0 Å². The molecule has 0 bridgehead atoms. The van der Waals surface area contributed by atoms with Crippen molar-refractivity contribution < 1.29 is 14.7 Å². The van der Waals surface area contributed by atoms with Crippen LogP contribution in [0.5, 0.6) is 0 Å². The Morgan fingerprint density at radius 3 is 0.670 bits per heavy atom. The third kappa shape index (κ3) is 7.37. The van der Waals surface area contributed by atoms with Gasteiger partial charge >= 0.3 is 566 Å². The normalized spacial score (nSPS) is 32.7. The van der Waals surface area contributed by atoms with Crippen molar-refractivity contribution in [3.8, 4) is 0 Å². The third-order valence-electron chi connectivity index (χ3n) is 25.7. The summed E-state index contributed by atoms with van der Waals surface area (Å²) in [6.45, 7) is 38.1. The Labute approximate surface area is 560 Å². The molecule has 0 N–H and O–H groups in total. The molecule has 5 heteroatoms. The first-order valence-electron chi connectivity index (χ1n) is 34.1. The van der Waals surface area contributed by atoms with Crippen LogP contribution in [0.2, 0.25) is 19.5 Å². The van der Waals surface area contributed by atoms with Crippen LogP contribution < -0.4 is 0 Å². The van der Waals surface area contributed by atoms with Crippen LogP contribution in [-0.2, 0) is 36.3 Å². The second-order valence-electron chi connectivity index (χ2n) is 33.4. The van der Waals surface area contributed by atoms with Crippen molar-refractivity contribution in [2.45, 2.75) is 176 Å². The Morgan fingerprint density at radius 1 is 0.308 bits per heavy atom. The Morgan fingerprint density at radius 2 is 0.495 bits per heavy atom. The van der Waals surface area contributed by atoms with Gasteiger partial charge in [-0.05, 0) is 0 Å². The van der Waals surface area contributed by atoms with Crippen LogP contribution in [0.15, 0.2) is 285 Å². The number of hydrogen-bond donors (Lipinski definition) is 0. The monoisotopic (exact) mass is 1530 g/mol. The van der Waals surface area contributed by atoms with Gasteiger partial charge in [-0.3, -0.25) is 0 Å². The molecule has 5 spiro atoms. The van der Waals surface area contributed by atoms with E-state index in [1.807, 2.05) is 0 Å². The zero-order valence-corrected chi connectivity index (χ0v) is 67.5. The summed E-state index contributed by atoms with van der Waals surface area (Å²) in [6.07, 6.45) is 50.1. The Hall–Kier alpha value is -4.74. The van der Waals surface area contributed by atoms with E-state index in [1.54, 1.807) is 0 Å². The SMILES string of the molecule is CC1=CC2=C(C=CC=CC2c2ccc(C(C)(C)C)cc2)[C]12[GeH]([CH3])[C]1(C(C)=CC3=C1C=CC=CC3c1ccc(C(C)(C)C)cc1)[Hf]21([Cl])([Cl])[C]2(C(C)=CC3=C2C=CC=CC3c2ccc(C(C)(C)C)cc2)[GeH]([CH3])[C]12C(C)=CC1=C2C=CC=CC1c1ccc(C(C)(C)C)cc1. The van der Waals surface area contributed by atoms with Gasteiger partial charge in [0.05, 0.1) is 0 Å². The topological polar surface area (TPSA) is 0 Å². The second-order valence-corrected chi connectivity index (χ2v) is 104. The van der Waals surface area contributed by atoms with Gasteiger partial charge in [0, 0.05) is 0 Å². The van der Waals surface area contributed by atoms with Crippen molar-refractivity contribution in [3.05, 3.63) is 330 Å². The second kappa shape index (κ2) is 20.4. The molecule has 91 heavy (non-hydrogen) atoms. The van der Waals surface area contributed by atoms with Gasteiger partial charge in [-0.15, -0.1) is 0 Å². The third-order valence-corrected chi connectivity index (χ3v) is 205. The van der Waals surface area contributed by atoms with Gasteiger partial charge < -0.3 is 0 Å². The van der Waals surface area contributed by atoms with Crippen LogP contribution in [0.1, 0.15) is 179 Å². The van der Waals surface area contributed by atoms with Crippen LogP contribution in [0.4, 0.5) is 0 Å². The molecule has 0 aromatic heterocycles. The predicted octanol–water partition coefficient (Wildman–Crippen LogP) is 23.9. The summed E-state index contributed by atoms with van der Waals surface area (Å²) in [5.74, 6) is 5.67.